The fourth-order valence-corrected chi connectivity index (χ4v) is 2.21. The fraction of sp³-hybridized carbons (Fsp3) is 0.417. The molecule has 1 aliphatic rings. The maximum atomic E-state index is 11.0. The van der Waals surface area contributed by atoms with Crippen molar-refractivity contribution in [3.63, 3.8) is 0 Å². The predicted molar refractivity (Wildman–Crippen MR) is 60.5 cm³/mol. The Labute approximate surface area is 89.9 Å². The van der Waals surface area contributed by atoms with E-state index in [1.807, 2.05) is 12.1 Å². The van der Waals surface area contributed by atoms with Crippen molar-refractivity contribution >= 4 is 12.0 Å². The molecular weight excluding hydrogens is 188 g/mol. The van der Waals surface area contributed by atoms with Crippen molar-refractivity contribution in [3.05, 3.63) is 29.3 Å². The van der Waals surface area contributed by atoms with Crippen LogP contribution in [0.5, 0.6) is 0 Å². The molecule has 1 atom stereocenters. The Morgan fingerprint density at radius 3 is 3.07 bits per heavy atom. The van der Waals surface area contributed by atoms with Crippen molar-refractivity contribution in [2.45, 2.75) is 25.9 Å². The van der Waals surface area contributed by atoms with Gasteiger partial charge in [0.25, 0.3) is 0 Å². The van der Waals surface area contributed by atoms with Gasteiger partial charge in [0.15, 0.2) is 0 Å². The average molecular weight is 204 g/mol. The first-order chi connectivity index (χ1) is 7.26. The Bertz CT molecular complexity index is 376. The zero-order valence-electron chi connectivity index (χ0n) is 8.94. The highest BCUT2D eigenvalue weighted by molar-refractivity contribution is 5.62. The van der Waals surface area contributed by atoms with Gasteiger partial charge in [-0.1, -0.05) is 19.1 Å². The van der Waals surface area contributed by atoms with Crippen LogP contribution in [0.25, 0.3) is 0 Å². The van der Waals surface area contributed by atoms with Crippen LogP contribution in [-0.4, -0.2) is 23.8 Å². The summed E-state index contributed by atoms with van der Waals surface area (Å²) >= 11 is 0. The minimum absolute atomic E-state index is 0.00722. The Morgan fingerprint density at radius 1 is 1.60 bits per heavy atom. The third kappa shape index (κ3) is 1.75. The SMILES string of the molecule is CCN1Cc2cccc(N)c2CC1C=O. The van der Waals surface area contributed by atoms with Crippen molar-refractivity contribution in [2.75, 3.05) is 12.3 Å². The van der Waals surface area contributed by atoms with Gasteiger partial charge in [0, 0.05) is 12.2 Å². The summed E-state index contributed by atoms with van der Waals surface area (Å²) in [5.74, 6) is 0. The highest BCUT2D eigenvalue weighted by atomic mass is 16.1. The molecule has 1 aromatic rings. The second kappa shape index (κ2) is 4.03. The first-order valence-electron chi connectivity index (χ1n) is 5.31. The second-order valence-electron chi connectivity index (χ2n) is 3.96. The van der Waals surface area contributed by atoms with Crippen molar-refractivity contribution < 1.29 is 4.79 Å². The van der Waals surface area contributed by atoms with Gasteiger partial charge in [-0.3, -0.25) is 4.90 Å². The van der Waals surface area contributed by atoms with Crippen LogP contribution in [0.15, 0.2) is 18.2 Å². The Kier molecular flexibility index (Phi) is 2.73. The summed E-state index contributed by atoms with van der Waals surface area (Å²) in [7, 11) is 0. The van der Waals surface area contributed by atoms with Gasteiger partial charge in [0.2, 0.25) is 0 Å². The van der Waals surface area contributed by atoms with E-state index in [0.29, 0.717) is 0 Å². The molecule has 0 aliphatic carbocycles. The van der Waals surface area contributed by atoms with E-state index in [9.17, 15) is 4.79 Å². The number of hydrogen-bond donors (Lipinski definition) is 1. The van der Waals surface area contributed by atoms with Gasteiger partial charge in [0.05, 0.1) is 6.04 Å². The van der Waals surface area contributed by atoms with E-state index in [0.717, 1.165) is 37.0 Å². The molecule has 3 nitrogen and oxygen atoms in total. The summed E-state index contributed by atoms with van der Waals surface area (Å²) in [5, 5.41) is 0. The fourth-order valence-electron chi connectivity index (χ4n) is 2.21. The average Bonchev–Trinajstić information content (AvgIpc) is 2.28. The van der Waals surface area contributed by atoms with E-state index in [4.69, 9.17) is 5.73 Å². The van der Waals surface area contributed by atoms with E-state index in [1.165, 1.54) is 5.56 Å². The van der Waals surface area contributed by atoms with E-state index >= 15 is 0 Å². The van der Waals surface area contributed by atoms with Gasteiger partial charge in [-0.05, 0) is 30.2 Å². The maximum Gasteiger partial charge on any atom is 0.137 e. The number of fused-ring (bicyclic) bond motifs is 1. The van der Waals surface area contributed by atoms with E-state index < -0.39 is 0 Å². The Hall–Kier alpha value is -1.35. The van der Waals surface area contributed by atoms with E-state index in [1.54, 1.807) is 0 Å². The molecule has 3 heteroatoms. The highest BCUT2D eigenvalue weighted by Crippen LogP contribution is 2.26. The molecule has 2 N–H and O–H groups in total. The maximum absolute atomic E-state index is 11.0. The summed E-state index contributed by atoms with van der Waals surface area (Å²) in [4.78, 5) is 13.1. The van der Waals surface area contributed by atoms with Gasteiger partial charge in [-0.15, -0.1) is 0 Å². The number of likely N-dealkylation sites (N-methyl/N-ethyl adjacent to an activating group) is 1. The van der Waals surface area contributed by atoms with Gasteiger partial charge in [-0.25, -0.2) is 0 Å². The van der Waals surface area contributed by atoms with Crippen LogP contribution in [0.1, 0.15) is 18.1 Å². The van der Waals surface area contributed by atoms with Crippen LogP contribution < -0.4 is 5.73 Å². The van der Waals surface area contributed by atoms with Crippen LogP contribution >= 0.6 is 0 Å². The molecule has 80 valence electrons. The van der Waals surface area contributed by atoms with Crippen LogP contribution in [0.3, 0.4) is 0 Å². The number of rotatable bonds is 2. The summed E-state index contributed by atoms with van der Waals surface area (Å²) in [6.45, 7) is 3.81. The molecule has 0 fully saturated rings. The lowest BCUT2D eigenvalue weighted by Gasteiger charge is -2.33. The number of hydrogen-bond acceptors (Lipinski definition) is 3. The summed E-state index contributed by atoms with van der Waals surface area (Å²) in [5.41, 5.74) is 9.14. The Balaban J connectivity index is 2.37. The minimum atomic E-state index is -0.00722. The molecule has 0 saturated heterocycles. The number of benzene rings is 1. The monoisotopic (exact) mass is 204 g/mol. The van der Waals surface area contributed by atoms with Crippen LogP contribution in [0.2, 0.25) is 0 Å². The number of anilines is 1. The number of nitrogens with two attached hydrogens (primary N) is 1. The number of nitrogens with zero attached hydrogens (tertiary/aromatic N) is 1. The van der Waals surface area contributed by atoms with E-state index in [2.05, 4.69) is 17.9 Å². The lowest BCUT2D eigenvalue weighted by atomic mass is 9.93. The summed E-state index contributed by atoms with van der Waals surface area (Å²) < 4.78 is 0. The van der Waals surface area contributed by atoms with Gasteiger partial charge >= 0.3 is 0 Å². The van der Waals surface area contributed by atoms with Crippen LogP contribution in [0, 0.1) is 0 Å². The van der Waals surface area contributed by atoms with Crippen LogP contribution in [-0.2, 0) is 17.8 Å². The number of carbonyl (C=O) groups is 1. The first-order valence-corrected chi connectivity index (χ1v) is 5.31. The zero-order valence-corrected chi connectivity index (χ0v) is 8.94. The van der Waals surface area contributed by atoms with Crippen molar-refractivity contribution in [2.24, 2.45) is 0 Å². The van der Waals surface area contributed by atoms with Crippen molar-refractivity contribution in [1.82, 2.24) is 4.90 Å². The molecule has 0 bridgehead atoms. The van der Waals surface area contributed by atoms with Crippen molar-refractivity contribution in [3.8, 4) is 0 Å². The minimum Gasteiger partial charge on any atom is -0.398 e. The van der Waals surface area contributed by atoms with Crippen molar-refractivity contribution in [1.29, 1.82) is 0 Å². The molecule has 1 unspecified atom stereocenters. The lowest BCUT2D eigenvalue weighted by molar-refractivity contribution is -0.112. The number of carbonyl (C=O) groups excluding carboxylic acids is 1. The number of nitrogen functional groups attached to an aromatic ring is 1. The topological polar surface area (TPSA) is 46.3 Å². The summed E-state index contributed by atoms with van der Waals surface area (Å²) in [6, 6.07) is 5.97. The molecule has 15 heavy (non-hydrogen) atoms. The third-order valence-corrected chi connectivity index (χ3v) is 3.13. The normalized spacial score (nSPS) is 21.0. The largest absolute Gasteiger partial charge is 0.398 e. The first kappa shape index (κ1) is 10.2. The van der Waals surface area contributed by atoms with Gasteiger partial charge in [-0.2, -0.15) is 0 Å². The molecule has 0 amide bonds. The van der Waals surface area contributed by atoms with Gasteiger partial charge in [0.1, 0.15) is 6.29 Å². The molecule has 1 heterocycles. The number of aldehydes is 1. The Morgan fingerprint density at radius 2 is 2.40 bits per heavy atom. The third-order valence-electron chi connectivity index (χ3n) is 3.13. The van der Waals surface area contributed by atoms with E-state index in [-0.39, 0.29) is 6.04 Å². The molecule has 0 spiro atoms. The molecule has 1 aliphatic heterocycles. The highest BCUT2D eigenvalue weighted by Gasteiger charge is 2.25. The quantitative estimate of drug-likeness (QED) is 0.582. The molecule has 0 radical (unpaired) electrons. The van der Waals surface area contributed by atoms with Crippen LogP contribution in [0.4, 0.5) is 5.69 Å². The predicted octanol–water partition coefficient (Wildman–Crippen LogP) is 1.21. The van der Waals surface area contributed by atoms with Gasteiger partial charge < -0.3 is 10.5 Å². The lowest BCUT2D eigenvalue weighted by Crippen LogP contribution is -2.41. The summed E-state index contributed by atoms with van der Waals surface area (Å²) in [6.07, 6.45) is 1.78. The molecule has 0 aromatic heterocycles. The molecule has 2 rings (SSSR count). The molecular formula is C12H16N2O. The zero-order chi connectivity index (χ0) is 10.8. The standard InChI is InChI=1S/C12H16N2O/c1-2-14-7-9-4-3-5-12(13)11(9)6-10(14)8-15/h3-5,8,10H,2,6-7,13H2,1H3. The molecule has 1 aromatic carbocycles. The molecule has 0 saturated carbocycles. The smallest absolute Gasteiger partial charge is 0.137 e. The second-order valence-corrected chi connectivity index (χ2v) is 3.96.